The van der Waals surface area contributed by atoms with E-state index in [1.165, 1.54) is 6.20 Å². The lowest BCUT2D eigenvalue weighted by atomic mass is 10.0. The van der Waals surface area contributed by atoms with Crippen LogP contribution < -0.4 is 27.1 Å². The second-order valence-electron chi connectivity index (χ2n) is 8.80. The number of urea groups is 1. The molecule has 2 heterocycles. The third-order valence-corrected chi connectivity index (χ3v) is 6.02. The zero-order chi connectivity index (χ0) is 27.4. The molecule has 10 nitrogen and oxygen atoms in total. The summed E-state index contributed by atoms with van der Waals surface area (Å²) in [6.45, 7) is 0.826. The van der Waals surface area contributed by atoms with Gasteiger partial charge in [-0.05, 0) is 46.9 Å². The normalized spacial score (nSPS) is 10.8. The fourth-order valence-electron chi connectivity index (χ4n) is 4.07. The number of phenols is 1. The van der Waals surface area contributed by atoms with E-state index in [0.717, 1.165) is 11.1 Å². The molecule has 0 atom stereocenters. The molecule has 192 valence electrons. The fourth-order valence-corrected chi connectivity index (χ4v) is 4.07. The van der Waals surface area contributed by atoms with Crippen LogP contribution in [0.3, 0.4) is 0 Å². The third kappa shape index (κ3) is 5.83. The number of nitrogens with zero attached hydrogens (tertiary/aromatic N) is 3. The van der Waals surface area contributed by atoms with Crippen LogP contribution in [0.4, 0.5) is 16.3 Å². The van der Waals surface area contributed by atoms with E-state index in [0.29, 0.717) is 52.5 Å². The summed E-state index contributed by atoms with van der Waals surface area (Å²) in [7, 11) is 6.08. The molecule has 39 heavy (non-hydrogen) atoms. The van der Waals surface area contributed by atoms with Crippen LogP contribution >= 0.6 is 0 Å². The molecule has 11 heteroatoms. The first kappa shape index (κ1) is 25.3. The van der Waals surface area contributed by atoms with Gasteiger partial charge in [0.15, 0.2) is 5.65 Å². The van der Waals surface area contributed by atoms with E-state index in [9.17, 15) is 14.7 Å². The summed E-state index contributed by atoms with van der Waals surface area (Å²) >= 11 is 0. The Morgan fingerprint density at radius 1 is 0.949 bits per heavy atom. The van der Waals surface area contributed by atoms with Crippen molar-refractivity contribution >= 4 is 42.4 Å². The molecule has 0 aliphatic rings. The lowest BCUT2D eigenvalue weighted by molar-refractivity contribution is 0.0951. The van der Waals surface area contributed by atoms with E-state index in [2.05, 4.69) is 26.0 Å². The van der Waals surface area contributed by atoms with Crippen molar-refractivity contribution in [2.24, 2.45) is 5.73 Å². The largest absolute Gasteiger partial charge is 0.507 e. The molecule has 0 saturated heterocycles. The van der Waals surface area contributed by atoms with Crippen LogP contribution in [0.5, 0.6) is 5.75 Å². The summed E-state index contributed by atoms with van der Waals surface area (Å²) in [6, 6.07) is 22.4. The number of anilines is 2. The number of rotatable bonds is 8. The minimum atomic E-state index is -0.694. The molecule has 0 spiro atoms. The molecular formula is C28H24BN7O3. The van der Waals surface area contributed by atoms with Crippen LogP contribution in [0.25, 0.3) is 16.9 Å². The SMILES string of the molecule is [B]c1cnn2c(NCc3ccc(CNC(=O)c4cccc(NC(N)=O)c4)cc3)cc(-c3ccccc3O)nc12. The summed E-state index contributed by atoms with van der Waals surface area (Å²) in [5.41, 5.74) is 9.99. The highest BCUT2D eigenvalue weighted by Crippen LogP contribution is 2.29. The molecule has 5 aromatic rings. The van der Waals surface area contributed by atoms with E-state index in [4.69, 9.17) is 13.6 Å². The van der Waals surface area contributed by atoms with Crippen LogP contribution in [0.2, 0.25) is 0 Å². The Morgan fingerprint density at radius 2 is 1.69 bits per heavy atom. The third-order valence-electron chi connectivity index (χ3n) is 6.02. The maximum Gasteiger partial charge on any atom is 0.316 e. The smallest absolute Gasteiger partial charge is 0.316 e. The van der Waals surface area contributed by atoms with Gasteiger partial charge in [-0.3, -0.25) is 4.79 Å². The lowest BCUT2D eigenvalue weighted by Gasteiger charge is -2.12. The molecule has 0 fully saturated rings. The van der Waals surface area contributed by atoms with Crippen molar-refractivity contribution < 1.29 is 14.7 Å². The van der Waals surface area contributed by atoms with Crippen LogP contribution in [-0.4, -0.2) is 39.5 Å². The predicted octanol–water partition coefficient (Wildman–Crippen LogP) is 2.93. The maximum atomic E-state index is 12.5. The van der Waals surface area contributed by atoms with Gasteiger partial charge < -0.3 is 26.8 Å². The molecule has 0 unspecified atom stereocenters. The quantitative estimate of drug-likeness (QED) is 0.200. The number of phenolic OH excluding ortho intramolecular Hbond substituents is 1. The number of fused-ring (bicyclic) bond motifs is 1. The molecule has 3 aromatic carbocycles. The second kappa shape index (κ2) is 11.0. The van der Waals surface area contributed by atoms with Crippen molar-refractivity contribution in [2.75, 3.05) is 10.6 Å². The van der Waals surface area contributed by atoms with E-state index in [-0.39, 0.29) is 11.7 Å². The molecule has 0 saturated carbocycles. The summed E-state index contributed by atoms with van der Waals surface area (Å²) in [5.74, 6) is 0.518. The van der Waals surface area contributed by atoms with Crippen molar-refractivity contribution in [3.63, 3.8) is 0 Å². The molecule has 6 N–H and O–H groups in total. The summed E-state index contributed by atoms with van der Waals surface area (Å²) in [5, 5.41) is 23.3. The number of benzene rings is 3. The number of aromatic hydroxyl groups is 1. The zero-order valence-corrected chi connectivity index (χ0v) is 20.8. The van der Waals surface area contributed by atoms with Gasteiger partial charge in [-0.15, -0.1) is 0 Å². The molecule has 2 radical (unpaired) electrons. The van der Waals surface area contributed by atoms with Crippen molar-refractivity contribution in [3.8, 4) is 17.0 Å². The number of primary amides is 1. The fraction of sp³-hybridized carbons (Fsp3) is 0.0714. The van der Waals surface area contributed by atoms with Gasteiger partial charge in [0.25, 0.3) is 5.91 Å². The van der Waals surface area contributed by atoms with Crippen molar-refractivity contribution in [3.05, 3.63) is 102 Å². The predicted molar refractivity (Wildman–Crippen MR) is 150 cm³/mol. The van der Waals surface area contributed by atoms with E-state index in [1.807, 2.05) is 36.4 Å². The number of hydrogen-bond donors (Lipinski definition) is 5. The van der Waals surface area contributed by atoms with Gasteiger partial charge in [0.1, 0.15) is 19.4 Å². The highest BCUT2D eigenvalue weighted by Gasteiger charge is 2.13. The Morgan fingerprint density at radius 3 is 2.44 bits per heavy atom. The van der Waals surface area contributed by atoms with E-state index < -0.39 is 6.03 Å². The zero-order valence-electron chi connectivity index (χ0n) is 20.8. The van der Waals surface area contributed by atoms with Crippen LogP contribution in [0.15, 0.2) is 85.1 Å². The number of carbonyl (C=O) groups excluding carboxylic acids is 2. The summed E-state index contributed by atoms with van der Waals surface area (Å²) < 4.78 is 1.62. The topological polar surface area (TPSA) is 147 Å². The summed E-state index contributed by atoms with van der Waals surface area (Å²) in [6.07, 6.45) is 1.54. The van der Waals surface area contributed by atoms with Crippen molar-refractivity contribution in [2.45, 2.75) is 13.1 Å². The molecule has 0 aliphatic carbocycles. The highest BCUT2D eigenvalue weighted by molar-refractivity contribution is 6.36. The van der Waals surface area contributed by atoms with Gasteiger partial charge in [-0.1, -0.05) is 42.5 Å². The van der Waals surface area contributed by atoms with Crippen molar-refractivity contribution in [1.82, 2.24) is 19.9 Å². The van der Waals surface area contributed by atoms with E-state index in [1.54, 1.807) is 47.0 Å². The standard InChI is InChI=1S/C28H24BN7O3/c29-22-16-33-36-25(13-23(35-26(22)36)21-6-1-2-7-24(21)37)31-14-17-8-10-18(11-9-17)15-32-27(38)19-4-3-5-20(12-19)34-28(30)39/h1-13,16,31,37H,14-15H2,(H,32,38)(H3,30,34,39). The van der Waals surface area contributed by atoms with Crippen LogP contribution in [0.1, 0.15) is 21.5 Å². The number of nitrogens with two attached hydrogens (primary N) is 1. The number of para-hydroxylation sites is 1. The Bertz CT molecular complexity index is 1670. The number of carbonyl (C=O) groups is 2. The first-order valence-corrected chi connectivity index (χ1v) is 12.1. The molecule has 2 aromatic heterocycles. The maximum absolute atomic E-state index is 12.5. The number of aromatic nitrogens is 3. The van der Waals surface area contributed by atoms with Gasteiger partial charge in [-0.2, -0.15) is 9.61 Å². The Hall–Kier alpha value is -5.32. The molecular weight excluding hydrogens is 493 g/mol. The number of hydrogen-bond acceptors (Lipinski definition) is 6. The lowest BCUT2D eigenvalue weighted by Crippen LogP contribution is -2.23. The first-order valence-electron chi connectivity index (χ1n) is 12.1. The Labute approximate surface area is 225 Å². The molecule has 5 rings (SSSR count). The van der Waals surface area contributed by atoms with Crippen LogP contribution in [-0.2, 0) is 13.1 Å². The molecule has 0 aliphatic heterocycles. The second-order valence-corrected chi connectivity index (χ2v) is 8.80. The van der Waals surface area contributed by atoms with Crippen LogP contribution in [0, 0.1) is 0 Å². The minimum absolute atomic E-state index is 0.121. The first-order chi connectivity index (χ1) is 18.9. The van der Waals surface area contributed by atoms with Gasteiger partial charge in [-0.25, -0.2) is 9.78 Å². The van der Waals surface area contributed by atoms with Gasteiger partial charge in [0.05, 0.1) is 5.69 Å². The molecule has 3 amide bonds. The monoisotopic (exact) mass is 517 g/mol. The van der Waals surface area contributed by atoms with Gasteiger partial charge in [0.2, 0.25) is 0 Å². The summed E-state index contributed by atoms with van der Waals surface area (Å²) in [4.78, 5) is 28.2. The minimum Gasteiger partial charge on any atom is -0.507 e. The van der Waals surface area contributed by atoms with Crippen molar-refractivity contribution in [1.29, 1.82) is 0 Å². The molecule has 0 bridgehead atoms. The van der Waals surface area contributed by atoms with Gasteiger partial charge in [0, 0.05) is 42.2 Å². The number of nitrogens with one attached hydrogen (secondary N) is 3. The Balaban J connectivity index is 1.25. The van der Waals surface area contributed by atoms with Gasteiger partial charge >= 0.3 is 6.03 Å². The average molecular weight is 517 g/mol. The highest BCUT2D eigenvalue weighted by atomic mass is 16.3. The van der Waals surface area contributed by atoms with E-state index >= 15 is 0 Å². The average Bonchev–Trinajstić information content (AvgIpc) is 3.31. The Kier molecular flexibility index (Phi) is 7.13. The number of amides is 3.